The molecule has 1 N–H and O–H groups in total. The molecule has 1 atom stereocenters. The third kappa shape index (κ3) is 4.08. The summed E-state index contributed by atoms with van der Waals surface area (Å²) in [5, 5.41) is 11.7. The van der Waals surface area contributed by atoms with Gasteiger partial charge in [0.1, 0.15) is 11.5 Å². The van der Waals surface area contributed by atoms with Crippen molar-refractivity contribution >= 4 is 46.3 Å². The number of carbonyl (C=O) groups excluding carboxylic acids is 2. The van der Waals surface area contributed by atoms with Crippen molar-refractivity contribution in [1.82, 2.24) is 4.98 Å². The Kier molecular flexibility index (Phi) is 6.15. The molecule has 1 aliphatic heterocycles. The number of aryl methyl sites for hydroxylation is 2. The molecule has 1 amide bonds. The number of rotatable bonds is 4. The lowest BCUT2D eigenvalue weighted by Crippen LogP contribution is -2.29. The zero-order chi connectivity index (χ0) is 23.9. The van der Waals surface area contributed by atoms with Crippen LogP contribution < -0.4 is 9.64 Å². The van der Waals surface area contributed by atoms with Gasteiger partial charge in [-0.05, 0) is 66.9 Å². The van der Waals surface area contributed by atoms with Crippen molar-refractivity contribution in [2.45, 2.75) is 19.9 Å². The Morgan fingerprint density at radius 2 is 1.67 bits per heavy atom. The van der Waals surface area contributed by atoms with Crippen LogP contribution >= 0.6 is 23.2 Å². The van der Waals surface area contributed by atoms with Crippen LogP contribution in [0.3, 0.4) is 0 Å². The number of aliphatic hydroxyl groups excluding tert-OH is 1. The fourth-order valence-electron chi connectivity index (χ4n) is 4.14. The zero-order valence-corrected chi connectivity index (χ0v) is 19.6. The normalized spacial score (nSPS) is 17.5. The van der Waals surface area contributed by atoms with Gasteiger partial charge >= 0.3 is 0 Å². The Morgan fingerprint density at radius 3 is 2.27 bits per heavy atom. The van der Waals surface area contributed by atoms with Crippen molar-refractivity contribution in [3.8, 4) is 5.75 Å². The highest BCUT2D eigenvalue weighted by atomic mass is 35.5. The van der Waals surface area contributed by atoms with E-state index in [0.717, 1.165) is 11.1 Å². The molecular formula is C25H20Cl2N2O4. The van der Waals surface area contributed by atoms with Crippen LogP contribution in [0.25, 0.3) is 5.76 Å². The van der Waals surface area contributed by atoms with Crippen molar-refractivity contribution in [1.29, 1.82) is 0 Å². The maximum atomic E-state index is 13.3. The largest absolute Gasteiger partial charge is 0.507 e. The van der Waals surface area contributed by atoms with Crippen molar-refractivity contribution in [3.05, 3.63) is 92.7 Å². The third-order valence-corrected chi connectivity index (χ3v) is 5.92. The van der Waals surface area contributed by atoms with E-state index in [1.54, 1.807) is 24.5 Å². The van der Waals surface area contributed by atoms with Crippen molar-refractivity contribution < 1.29 is 19.4 Å². The SMILES string of the molecule is COc1c(Cl)cc(Cl)cc1/C(O)=C1\C(=O)C(=O)N(c2cc(C)cc(C)c2)C1c1ccncc1. The van der Waals surface area contributed by atoms with Crippen LogP contribution in [0.5, 0.6) is 5.75 Å². The summed E-state index contributed by atoms with van der Waals surface area (Å²) in [5.41, 5.74) is 3.05. The molecule has 3 aromatic rings. The van der Waals surface area contributed by atoms with Crippen LogP contribution in [0.15, 0.2) is 60.4 Å². The van der Waals surface area contributed by atoms with E-state index in [9.17, 15) is 14.7 Å². The molecule has 1 fully saturated rings. The number of hydrogen-bond donors (Lipinski definition) is 1. The van der Waals surface area contributed by atoms with Gasteiger partial charge in [-0.15, -0.1) is 0 Å². The molecule has 168 valence electrons. The second kappa shape index (κ2) is 8.89. The van der Waals surface area contributed by atoms with Gasteiger partial charge in [-0.3, -0.25) is 19.5 Å². The number of Topliss-reactive ketones (excluding diaryl/α,β-unsaturated/α-hetero) is 1. The quantitative estimate of drug-likeness (QED) is 0.295. The molecule has 0 bridgehead atoms. The van der Waals surface area contributed by atoms with Gasteiger partial charge in [0.15, 0.2) is 0 Å². The molecule has 8 heteroatoms. The van der Waals surface area contributed by atoms with Crippen LogP contribution in [0, 0.1) is 13.8 Å². The Hall–Kier alpha value is -3.35. The maximum absolute atomic E-state index is 13.3. The van der Waals surface area contributed by atoms with E-state index in [1.807, 2.05) is 32.0 Å². The second-order valence-electron chi connectivity index (χ2n) is 7.76. The minimum atomic E-state index is -0.892. The number of amides is 1. The minimum Gasteiger partial charge on any atom is -0.507 e. The number of aliphatic hydroxyl groups is 1. The predicted octanol–water partition coefficient (Wildman–Crippen LogP) is 5.64. The summed E-state index contributed by atoms with van der Waals surface area (Å²) in [5.74, 6) is -1.87. The highest BCUT2D eigenvalue weighted by Gasteiger charge is 2.47. The standard InChI is InChI=1S/C25H20Cl2N2O4/c1-13-8-14(2)10-17(9-13)29-21(15-4-6-28-7-5-15)20(23(31)25(29)32)22(30)18-11-16(26)12-19(27)24(18)33-3/h4-12,21,30H,1-3H3/b22-20+. The number of nitrogens with zero attached hydrogens (tertiary/aromatic N) is 2. The molecule has 6 nitrogen and oxygen atoms in total. The number of halogens is 2. The number of carbonyl (C=O) groups is 2. The number of ketones is 1. The summed E-state index contributed by atoms with van der Waals surface area (Å²) < 4.78 is 5.35. The van der Waals surface area contributed by atoms with E-state index < -0.39 is 23.5 Å². The Morgan fingerprint density at radius 1 is 1.03 bits per heavy atom. The number of methoxy groups -OCH3 is 1. The molecule has 0 spiro atoms. The molecule has 0 radical (unpaired) electrons. The molecular weight excluding hydrogens is 463 g/mol. The maximum Gasteiger partial charge on any atom is 0.300 e. The molecule has 0 saturated carbocycles. The Bertz CT molecular complexity index is 1290. The fraction of sp³-hybridized carbons (Fsp3) is 0.160. The van der Waals surface area contributed by atoms with Crippen LogP contribution in [0.1, 0.15) is 28.3 Å². The first kappa shape index (κ1) is 22.8. The average molecular weight is 483 g/mol. The molecule has 4 rings (SSSR count). The highest BCUT2D eigenvalue weighted by molar-refractivity contribution is 6.52. The van der Waals surface area contributed by atoms with Gasteiger partial charge in [-0.1, -0.05) is 29.3 Å². The lowest BCUT2D eigenvalue weighted by Gasteiger charge is -2.26. The van der Waals surface area contributed by atoms with Gasteiger partial charge in [0.25, 0.3) is 11.7 Å². The molecule has 1 aromatic heterocycles. The molecule has 2 heterocycles. The molecule has 2 aromatic carbocycles. The average Bonchev–Trinajstić information content (AvgIpc) is 3.03. The molecule has 0 aliphatic carbocycles. The lowest BCUT2D eigenvalue weighted by atomic mass is 9.95. The summed E-state index contributed by atoms with van der Waals surface area (Å²) >= 11 is 12.4. The van der Waals surface area contributed by atoms with Gasteiger partial charge < -0.3 is 9.84 Å². The summed E-state index contributed by atoms with van der Waals surface area (Å²) in [4.78, 5) is 32.0. The summed E-state index contributed by atoms with van der Waals surface area (Å²) in [6, 6.07) is 11.0. The van der Waals surface area contributed by atoms with Crippen LogP contribution in [0.4, 0.5) is 5.69 Å². The van der Waals surface area contributed by atoms with Crippen LogP contribution in [0.2, 0.25) is 10.0 Å². The van der Waals surface area contributed by atoms with Gasteiger partial charge in [-0.25, -0.2) is 0 Å². The number of benzene rings is 2. The van der Waals surface area contributed by atoms with E-state index >= 15 is 0 Å². The van der Waals surface area contributed by atoms with Crippen LogP contribution in [-0.2, 0) is 9.59 Å². The van der Waals surface area contributed by atoms with Gasteiger partial charge in [0.2, 0.25) is 0 Å². The van der Waals surface area contributed by atoms with Gasteiger partial charge in [0.05, 0.1) is 29.3 Å². The molecule has 1 aliphatic rings. The molecule has 1 saturated heterocycles. The van der Waals surface area contributed by atoms with Crippen molar-refractivity contribution in [2.75, 3.05) is 12.0 Å². The number of hydrogen-bond acceptors (Lipinski definition) is 5. The van der Waals surface area contributed by atoms with E-state index in [0.29, 0.717) is 11.3 Å². The number of ether oxygens (including phenoxy) is 1. The summed E-state index contributed by atoms with van der Waals surface area (Å²) in [6.07, 6.45) is 3.13. The van der Waals surface area contributed by atoms with E-state index in [4.69, 9.17) is 27.9 Å². The first-order valence-electron chi connectivity index (χ1n) is 10.1. The van der Waals surface area contributed by atoms with Crippen molar-refractivity contribution in [2.24, 2.45) is 0 Å². The predicted molar refractivity (Wildman–Crippen MR) is 128 cm³/mol. The fourth-order valence-corrected chi connectivity index (χ4v) is 4.71. The van der Waals surface area contributed by atoms with Crippen LogP contribution in [-0.4, -0.2) is 28.9 Å². The number of aromatic nitrogens is 1. The highest BCUT2D eigenvalue weighted by Crippen LogP contribution is 2.45. The summed E-state index contributed by atoms with van der Waals surface area (Å²) in [7, 11) is 1.39. The second-order valence-corrected chi connectivity index (χ2v) is 8.61. The smallest absolute Gasteiger partial charge is 0.300 e. The van der Waals surface area contributed by atoms with Crippen molar-refractivity contribution in [3.63, 3.8) is 0 Å². The van der Waals surface area contributed by atoms with E-state index in [-0.39, 0.29) is 26.9 Å². The van der Waals surface area contributed by atoms with Gasteiger partial charge in [0, 0.05) is 23.1 Å². The monoisotopic (exact) mass is 482 g/mol. The number of pyridine rings is 1. The topological polar surface area (TPSA) is 79.7 Å². The third-order valence-electron chi connectivity index (χ3n) is 5.42. The lowest BCUT2D eigenvalue weighted by molar-refractivity contribution is -0.132. The van der Waals surface area contributed by atoms with E-state index in [2.05, 4.69) is 4.98 Å². The first-order valence-corrected chi connectivity index (χ1v) is 10.8. The Balaban J connectivity index is 2.02. The first-order chi connectivity index (χ1) is 15.7. The molecule has 33 heavy (non-hydrogen) atoms. The molecule has 1 unspecified atom stereocenters. The summed E-state index contributed by atoms with van der Waals surface area (Å²) in [6.45, 7) is 3.82. The van der Waals surface area contributed by atoms with Gasteiger partial charge in [-0.2, -0.15) is 0 Å². The van der Waals surface area contributed by atoms with E-state index in [1.165, 1.54) is 24.1 Å². The number of anilines is 1. The Labute approximate surface area is 201 Å². The minimum absolute atomic E-state index is 0.0954. The zero-order valence-electron chi connectivity index (χ0n) is 18.1.